The number of allylic oxidation sites excluding steroid dienone is 1. The molecular weight excluding hydrogens is 452 g/mol. The van der Waals surface area contributed by atoms with E-state index in [1.54, 1.807) is 11.1 Å². The van der Waals surface area contributed by atoms with Crippen LogP contribution >= 0.6 is 0 Å². The maximum atomic E-state index is 6.34. The summed E-state index contributed by atoms with van der Waals surface area (Å²) in [5.74, 6) is 3.51. The molecule has 4 atom stereocenters. The molecule has 0 spiro atoms. The Balaban J connectivity index is 1.09. The van der Waals surface area contributed by atoms with Gasteiger partial charge >= 0.3 is 0 Å². The summed E-state index contributed by atoms with van der Waals surface area (Å²) in [6.07, 6.45) is 8.93. The molecule has 0 aliphatic heterocycles. The van der Waals surface area contributed by atoms with Gasteiger partial charge in [-0.3, -0.25) is 0 Å². The highest BCUT2D eigenvalue weighted by molar-refractivity contribution is 6.85. The molecule has 0 aromatic heterocycles. The molecule has 0 saturated heterocycles. The Morgan fingerprint density at radius 3 is 2.33 bits per heavy atom. The summed E-state index contributed by atoms with van der Waals surface area (Å²) in [6, 6.07) is 30.5. The second-order valence-corrected chi connectivity index (χ2v) is 14.8. The van der Waals surface area contributed by atoms with Crippen molar-refractivity contribution < 1.29 is 4.74 Å². The Morgan fingerprint density at radius 1 is 0.889 bits per heavy atom. The Morgan fingerprint density at radius 2 is 1.61 bits per heavy atom. The molecule has 2 saturated carbocycles. The third kappa shape index (κ3) is 4.38. The Bertz CT molecular complexity index is 1160. The molecule has 0 bridgehead atoms. The molecule has 3 unspecified atom stereocenters. The van der Waals surface area contributed by atoms with Gasteiger partial charge in [-0.15, -0.1) is 0 Å². The lowest BCUT2D eigenvalue weighted by Gasteiger charge is -2.49. The van der Waals surface area contributed by atoms with E-state index in [1.165, 1.54) is 60.5 Å². The molecule has 0 N–H and O–H groups in total. The van der Waals surface area contributed by atoms with Crippen LogP contribution < -0.4 is 15.1 Å². The fourth-order valence-electron chi connectivity index (χ4n) is 7.93. The van der Waals surface area contributed by atoms with Crippen molar-refractivity contribution in [3.8, 4) is 5.75 Å². The molecule has 0 amide bonds. The summed E-state index contributed by atoms with van der Waals surface area (Å²) in [7, 11) is -1.22. The molecule has 0 heterocycles. The molecule has 0 radical (unpaired) electrons. The first-order valence-electron chi connectivity index (χ1n) is 14.2. The lowest BCUT2D eigenvalue weighted by molar-refractivity contribution is 0.0816. The molecule has 2 heteroatoms. The zero-order chi connectivity index (χ0) is 24.5. The summed E-state index contributed by atoms with van der Waals surface area (Å²) in [5, 5.41) is 3.06. The number of ether oxygens (including phenoxy) is 1. The standard InChI is InChI=1S/C34H40OSi/c1-25-14-19-33-32-17-15-26-24-27(16-18-30(26)31(32)20-21-34(25,33)2)35-22-9-23-36(28-10-5-3-6-11-28)29-12-7-4-8-13-29/h3-8,10-13,16,18,24,31-33,36H,1,9,14-15,17,19-23H2,2H3/t31?,32?,33?,34-/m1/s1. The van der Waals surface area contributed by atoms with Crippen molar-refractivity contribution in [1.29, 1.82) is 0 Å². The van der Waals surface area contributed by atoms with Crippen molar-refractivity contribution in [2.24, 2.45) is 17.3 Å². The molecule has 3 aromatic carbocycles. The normalized spacial score (nSPS) is 26.8. The second-order valence-electron chi connectivity index (χ2n) is 11.7. The third-order valence-electron chi connectivity index (χ3n) is 9.96. The Hall–Kier alpha value is -2.58. The SMILES string of the molecule is C=C1CCC2C3CCc4cc(OCCC[SiH](c5ccccc5)c5ccccc5)ccc4C3CC[C@]12C. The zero-order valence-corrected chi connectivity index (χ0v) is 22.9. The van der Waals surface area contributed by atoms with E-state index in [1.807, 2.05) is 0 Å². The molecular formula is C34H40OSi. The molecule has 2 fully saturated rings. The fraction of sp³-hybridized carbons (Fsp3) is 0.412. The summed E-state index contributed by atoms with van der Waals surface area (Å²) in [4.78, 5) is 0. The highest BCUT2D eigenvalue weighted by atomic mass is 28.3. The number of fused-ring (bicyclic) bond motifs is 5. The van der Waals surface area contributed by atoms with Crippen molar-refractivity contribution in [2.75, 3.05) is 6.61 Å². The predicted molar refractivity (Wildman–Crippen MR) is 154 cm³/mol. The Kier molecular flexibility index (Phi) is 6.64. The number of rotatable bonds is 7. The van der Waals surface area contributed by atoms with Gasteiger partial charge in [0.15, 0.2) is 0 Å². The van der Waals surface area contributed by atoms with Crippen LogP contribution in [0.15, 0.2) is 91.0 Å². The molecule has 36 heavy (non-hydrogen) atoms. The van der Waals surface area contributed by atoms with Crippen LogP contribution in [0.4, 0.5) is 0 Å². The van der Waals surface area contributed by atoms with Gasteiger partial charge in [-0.05, 0) is 97.4 Å². The van der Waals surface area contributed by atoms with E-state index in [9.17, 15) is 0 Å². The van der Waals surface area contributed by atoms with Gasteiger partial charge in [0.05, 0.1) is 6.61 Å². The molecule has 186 valence electrons. The minimum atomic E-state index is -1.22. The summed E-state index contributed by atoms with van der Waals surface area (Å²) >= 11 is 0. The average molecular weight is 493 g/mol. The topological polar surface area (TPSA) is 9.23 Å². The van der Waals surface area contributed by atoms with Gasteiger partial charge < -0.3 is 4.74 Å². The van der Waals surface area contributed by atoms with Gasteiger partial charge in [0.25, 0.3) is 0 Å². The zero-order valence-electron chi connectivity index (χ0n) is 21.8. The molecule has 1 nitrogen and oxygen atoms in total. The highest BCUT2D eigenvalue weighted by Gasteiger charge is 2.51. The van der Waals surface area contributed by atoms with Crippen molar-refractivity contribution in [2.45, 2.75) is 63.8 Å². The number of hydrogen-bond acceptors (Lipinski definition) is 1. The molecule has 3 aliphatic carbocycles. The van der Waals surface area contributed by atoms with E-state index in [4.69, 9.17) is 4.74 Å². The minimum Gasteiger partial charge on any atom is -0.494 e. The van der Waals surface area contributed by atoms with E-state index in [0.29, 0.717) is 5.41 Å². The quantitative estimate of drug-likeness (QED) is 0.198. The van der Waals surface area contributed by atoms with Gasteiger partial charge in [0, 0.05) is 0 Å². The van der Waals surface area contributed by atoms with Crippen molar-refractivity contribution in [3.63, 3.8) is 0 Å². The lowest BCUT2D eigenvalue weighted by Crippen LogP contribution is -2.42. The summed E-state index contributed by atoms with van der Waals surface area (Å²) in [6.45, 7) is 7.79. The Labute approximate surface area is 219 Å². The monoisotopic (exact) mass is 492 g/mol. The summed E-state index contributed by atoms with van der Waals surface area (Å²) in [5.41, 5.74) is 5.11. The van der Waals surface area contributed by atoms with Crippen LogP contribution in [0.2, 0.25) is 6.04 Å². The highest BCUT2D eigenvalue weighted by Crippen LogP contribution is 2.62. The van der Waals surface area contributed by atoms with E-state index < -0.39 is 8.80 Å². The smallest absolute Gasteiger partial charge is 0.119 e. The minimum absolute atomic E-state index is 0.405. The number of aryl methyl sites for hydroxylation is 1. The van der Waals surface area contributed by atoms with Gasteiger partial charge in [-0.2, -0.15) is 0 Å². The van der Waals surface area contributed by atoms with Gasteiger partial charge in [-0.25, -0.2) is 0 Å². The maximum absolute atomic E-state index is 6.34. The first kappa shape index (κ1) is 23.8. The second kappa shape index (κ2) is 10.1. The number of benzene rings is 3. The van der Waals surface area contributed by atoms with Crippen molar-refractivity contribution >= 4 is 19.2 Å². The molecule has 3 aliphatic rings. The van der Waals surface area contributed by atoms with Gasteiger partial charge in [-0.1, -0.05) is 96.2 Å². The van der Waals surface area contributed by atoms with Crippen LogP contribution in [0.25, 0.3) is 0 Å². The van der Waals surface area contributed by atoms with E-state index in [-0.39, 0.29) is 0 Å². The van der Waals surface area contributed by atoms with E-state index in [0.717, 1.165) is 36.5 Å². The first-order valence-corrected chi connectivity index (χ1v) is 16.1. The van der Waals surface area contributed by atoms with Crippen LogP contribution in [-0.2, 0) is 6.42 Å². The van der Waals surface area contributed by atoms with E-state index in [2.05, 4.69) is 92.4 Å². The van der Waals surface area contributed by atoms with Gasteiger partial charge in [0.1, 0.15) is 14.5 Å². The molecule has 3 aromatic rings. The lowest BCUT2D eigenvalue weighted by atomic mass is 9.55. The maximum Gasteiger partial charge on any atom is 0.119 e. The average Bonchev–Trinajstić information content (AvgIpc) is 3.23. The van der Waals surface area contributed by atoms with Crippen LogP contribution in [0.1, 0.15) is 62.5 Å². The first-order chi connectivity index (χ1) is 17.6. The van der Waals surface area contributed by atoms with Crippen LogP contribution in [0.3, 0.4) is 0 Å². The van der Waals surface area contributed by atoms with Crippen molar-refractivity contribution in [1.82, 2.24) is 0 Å². The number of hydrogen-bond donors (Lipinski definition) is 0. The largest absolute Gasteiger partial charge is 0.494 e. The molecule has 6 rings (SSSR count). The fourth-order valence-corrected chi connectivity index (χ4v) is 10.9. The van der Waals surface area contributed by atoms with E-state index >= 15 is 0 Å². The van der Waals surface area contributed by atoms with Crippen LogP contribution in [-0.4, -0.2) is 15.4 Å². The van der Waals surface area contributed by atoms with Gasteiger partial charge in [0.2, 0.25) is 0 Å². The van der Waals surface area contributed by atoms with Crippen LogP contribution in [0.5, 0.6) is 5.75 Å². The predicted octanol–water partition coefficient (Wildman–Crippen LogP) is 6.91. The van der Waals surface area contributed by atoms with Crippen LogP contribution in [0, 0.1) is 17.3 Å². The van der Waals surface area contributed by atoms with Crippen molar-refractivity contribution in [3.05, 3.63) is 102 Å². The third-order valence-corrected chi connectivity index (χ3v) is 13.3. The summed E-state index contributed by atoms with van der Waals surface area (Å²) < 4.78 is 6.34.